The summed E-state index contributed by atoms with van der Waals surface area (Å²) in [5, 5.41) is 11.2. The van der Waals surface area contributed by atoms with Crippen LogP contribution >= 0.6 is 0 Å². The minimum absolute atomic E-state index is 0.0480. The average molecular weight is 259 g/mol. The Labute approximate surface area is 109 Å². The zero-order valence-electron chi connectivity index (χ0n) is 10.1. The van der Waals surface area contributed by atoms with Crippen molar-refractivity contribution in [1.82, 2.24) is 9.55 Å². The second-order valence-electron chi connectivity index (χ2n) is 3.93. The summed E-state index contributed by atoms with van der Waals surface area (Å²) < 4.78 is 1.77. The zero-order valence-corrected chi connectivity index (χ0v) is 10.1. The van der Waals surface area contributed by atoms with Gasteiger partial charge in [0.2, 0.25) is 5.91 Å². The molecule has 1 aromatic heterocycles. The van der Waals surface area contributed by atoms with Crippen molar-refractivity contribution >= 4 is 17.6 Å². The van der Waals surface area contributed by atoms with Crippen molar-refractivity contribution in [2.75, 3.05) is 5.32 Å². The van der Waals surface area contributed by atoms with Crippen LogP contribution in [-0.2, 0) is 9.59 Å². The summed E-state index contributed by atoms with van der Waals surface area (Å²) >= 11 is 0. The third-order valence-corrected chi connectivity index (χ3v) is 2.53. The number of imidazole rings is 1. The summed E-state index contributed by atoms with van der Waals surface area (Å²) in [5.74, 6) is -1.31. The van der Waals surface area contributed by atoms with E-state index in [4.69, 9.17) is 5.11 Å². The van der Waals surface area contributed by atoms with Gasteiger partial charge in [-0.25, -0.2) is 4.98 Å². The van der Waals surface area contributed by atoms with E-state index in [1.54, 1.807) is 35.4 Å². The second-order valence-corrected chi connectivity index (χ2v) is 3.93. The number of carbonyl (C=O) groups is 2. The lowest BCUT2D eigenvalue weighted by Gasteiger charge is -2.11. The molecule has 0 saturated carbocycles. The summed E-state index contributed by atoms with van der Waals surface area (Å²) in [6, 6.07) is 7.25. The molecule has 0 bridgehead atoms. The van der Waals surface area contributed by atoms with Gasteiger partial charge in [-0.1, -0.05) is 12.1 Å². The van der Waals surface area contributed by atoms with Crippen LogP contribution in [0.5, 0.6) is 0 Å². The molecule has 1 aromatic carbocycles. The summed E-state index contributed by atoms with van der Waals surface area (Å²) in [6.07, 6.45) is 4.81. The van der Waals surface area contributed by atoms with Gasteiger partial charge in [-0.3, -0.25) is 9.59 Å². The highest BCUT2D eigenvalue weighted by Crippen LogP contribution is 2.19. The van der Waals surface area contributed by atoms with Crippen LogP contribution < -0.4 is 5.32 Å². The molecule has 0 aliphatic carbocycles. The highest BCUT2D eigenvalue weighted by Gasteiger charge is 2.09. The van der Waals surface area contributed by atoms with Gasteiger partial charge in [-0.05, 0) is 12.1 Å². The minimum Gasteiger partial charge on any atom is -0.481 e. The summed E-state index contributed by atoms with van der Waals surface area (Å²) in [7, 11) is 0. The van der Waals surface area contributed by atoms with Crippen molar-refractivity contribution < 1.29 is 14.7 Å². The second kappa shape index (κ2) is 5.81. The quantitative estimate of drug-likeness (QED) is 0.855. The molecule has 0 aliphatic rings. The third kappa shape index (κ3) is 3.41. The Morgan fingerprint density at radius 1 is 1.26 bits per heavy atom. The molecule has 0 aliphatic heterocycles. The topological polar surface area (TPSA) is 84.2 Å². The largest absolute Gasteiger partial charge is 0.481 e. The number of carbonyl (C=O) groups excluding carboxylic acids is 1. The summed E-state index contributed by atoms with van der Waals surface area (Å²) in [5.41, 5.74) is 1.40. The minimum atomic E-state index is -0.988. The van der Waals surface area contributed by atoms with Gasteiger partial charge in [-0.2, -0.15) is 0 Å². The maximum atomic E-state index is 11.6. The van der Waals surface area contributed by atoms with Crippen LogP contribution in [-0.4, -0.2) is 26.5 Å². The maximum Gasteiger partial charge on any atom is 0.303 e. The number of amides is 1. The van der Waals surface area contributed by atoms with E-state index in [2.05, 4.69) is 10.3 Å². The smallest absolute Gasteiger partial charge is 0.303 e. The molecule has 2 N–H and O–H groups in total. The number of anilines is 1. The Bertz CT molecular complexity index is 579. The molecule has 1 heterocycles. The Kier molecular flexibility index (Phi) is 3.92. The van der Waals surface area contributed by atoms with Crippen molar-refractivity contribution in [2.45, 2.75) is 12.8 Å². The molecule has 19 heavy (non-hydrogen) atoms. The molecule has 1 amide bonds. The lowest BCUT2D eigenvalue weighted by atomic mass is 10.2. The SMILES string of the molecule is O=C(O)CCC(=O)Nc1ccccc1-n1ccnc1. The molecule has 98 valence electrons. The Morgan fingerprint density at radius 2 is 2.05 bits per heavy atom. The predicted molar refractivity (Wildman–Crippen MR) is 69.1 cm³/mol. The molecule has 2 aromatic rings. The van der Waals surface area contributed by atoms with Crippen molar-refractivity contribution in [2.24, 2.45) is 0 Å². The van der Waals surface area contributed by atoms with Crippen molar-refractivity contribution in [3.8, 4) is 5.69 Å². The van der Waals surface area contributed by atoms with Gasteiger partial charge in [0, 0.05) is 18.8 Å². The van der Waals surface area contributed by atoms with Crippen LogP contribution in [0.4, 0.5) is 5.69 Å². The fourth-order valence-corrected chi connectivity index (χ4v) is 1.64. The van der Waals surface area contributed by atoms with E-state index in [-0.39, 0.29) is 18.7 Å². The van der Waals surface area contributed by atoms with E-state index in [1.807, 2.05) is 12.1 Å². The van der Waals surface area contributed by atoms with Gasteiger partial charge < -0.3 is 15.0 Å². The van der Waals surface area contributed by atoms with Crippen LogP contribution in [0, 0.1) is 0 Å². The van der Waals surface area contributed by atoms with Crippen LogP contribution in [0.15, 0.2) is 43.0 Å². The fraction of sp³-hybridized carbons (Fsp3) is 0.154. The van der Waals surface area contributed by atoms with Crippen LogP contribution in [0.25, 0.3) is 5.69 Å². The molecule has 6 nitrogen and oxygen atoms in total. The highest BCUT2D eigenvalue weighted by molar-refractivity contribution is 5.94. The number of aromatic nitrogens is 2. The van der Waals surface area contributed by atoms with Crippen molar-refractivity contribution in [3.63, 3.8) is 0 Å². The highest BCUT2D eigenvalue weighted by atomic mass is 16.4. The van der Waals surface area contributed by atoms with Crippen LogP contribution in [0.3, 0.4) is 0 Å². The first-order valence-electron chi connectivity index (χ1n) is 5.76. The molecule has 0 spiro atoms. The molecule has 0 saturated heterocycles. The van der Waals surface area contributed by atoms with Gasteiger partial charge in [0.05, 0.1) is 24.1 Å². The Hall–Kier alpha value is -2.63. The molecule has 2 rings (SSSR count). The number of hydrogen-bond acceptors (Lipinski definition) is 3. The number of carboxylic acids is 1. The Balaban J connectivity index is 2.12. The maximum absolute atomic E-state index is 11.6. The molecular weight excluding hydrogens is 246 g/mol. The number of aliphatic carboxylic acids is 1. The molecule has 0 unspecified atom stereocenters. The van der Waals surface area contributed by atoms with Gasteiger partial charge >= 0.3 is 5.97 Å². The zero-order chi connectivity index (χ0) is 13.7. The van der Waals surface area contributed by atoms with Gasteiger partial charge in [0.1, 0.15) is 0 Å². The summed E-state index contributed by atoms with van der Waals surface area (Å²) in [6.45, 7) is 0. The first-order valence-corrected chi connectivity index (χ1v) is 5.76. The molecular formula is C13H13N3O3. The van der Waals surface area contributed by atoms with Crippen molar-refractivity contribution in [3.05, 3.63) is 43.0 Å². The molecule has 0 radical (unpaired) electrons. The molecule has 6 heteroatoms. The monoisotopic (exact) mass is 259 g/mol. The number of hydrogen-bond donors (Lipinski definition) is 2. The third-order valence-electron chi connectivity index (χ3n) is 2.53. The number of rotatable bonds is 5. The van der Waals surface area contributed by atoms with E-state index in [0.29, 0.717) is 5.69 Å². The van der Waals surface area contributed by atoms with E-state index in [1.165, 1.54) is 0 Å². The first-order chi connectivity index (χ1) is 9.16. The van der Waals surface area contributed by atoms with Crippen LogP contribution in [0.1, 0.15) is 12.8 Å². The fourth-order valence-electron chi connectivity index (χ4n) is 1.64. The van der Waals surface area contributed by atoms with Gasteiger partial charge in [-0.15, -0.1) is 0 Å². The van der Waals surface area contributed by atoms with E-state index < -0.39 is 5.97 Å². The number of nitrogens with zero attached hydrogens (tertiary/aromatic N) is 2. The number of benzene rings is 1. The molecule has 0 atom stereocenters. The Morgan fingerprint density at radius 3 is 2.74 bits per heavy atom. The van der Waals surface area contributed by atoms with Crippen LogP contribution in [0.2, 0.25) is 0 Å². The van der Waals surface area contributed by atoms with Gasteiger partial charge in [0.25, 0.3) is 0 Å². The summed E-state index contributed by atoms with van der Waals surface area (Å²) in [4.78, 5) is 26.0. The molecule has 0 fully saturated rings. The van der Waals surface area contributed by atoms with E-state index in [9.17, 15) is 9.59 Å². The number of carboxylic acid groups (broad SMARTS) is 1. The standard InChI is InChI=1S/C13H13N3O3/c17-12(5-6-13(18)19)15-10-3-1-2-4-11(10)16-8-7-14-9-16/h1-4,7-9H,5-6H2,(H,15,17)(H,18,19). The predicted octanol–water partition coefficient (Wildman–Crippen LogP) is 1.68. The van der Waals surface area contributed by atoms with Gasteiger partial charge in [0.15, 0.2) is 0 Å². The first kappa shape index (κ1) is 12.8. The number of para-hydroxylation sites is 2. The van der Waals surface area contributed by atoms with Crippen molar-refractivity contribution in [1.29, 1.82) is 0 Å². The van der Waals surface area contributed by atoms with E-state index >= 15 is 0 Å². The van der Waals surface area contributed by atoms with E-state index in [0.717, 1.165) is 5.69 Å². The average Bonchev–Trinajstić information content (AvgIpc) is 2.91. The number of nitrogens with one attached hydrogen (secondary N) is 1. The normalized spacial score (nSPS) is 10.1. The lowest BCUT2D eigenvalue weighted by molar-refractivity contribution is -0.138. The lowest BCUT2D eigenvalue weighted by Crippen LogP contribution is -2.14.